The van der Waals surface area contributed by atoms with E-state index < -0.39 is 0 Å². The Hall–Kier alpha value is -0.680. The molecule has 3 rings (SSSR count). The maximum absolute atomic E-state index is 13.7. The van der Waals surface area contributed by atoms with Crippen LogP contribution in [0.3, 0.4) is 0 Å². The largest absolute Gasteiger partial charge is 0.317 e. The van der Waals surface area contributed by atoms with Gasteiger partial charge in [-0.05, 0) is 44.1 Å². The van der Waals surface area contributed by atoms with Gasteiger partial charge in [0.1, 0.15) is 5.82 Å². The standard InChI is InChI=1S/C13H14FN3.3ClH/c14-11-2-1-3-12-10(11)8-13(17-16-12)9-4-6-15-7-5-9;;;/h1-3,8-9,15H,4-7H2;3*1H. The molecule has 0 saturated carbocycles. The Morgan fingerprint density at radius 1 is 1.05 bits per heavy atom. The fraction of sp³-hybridized carbons (Fsp3) is 0.385. The van der Waals surface area contributed by atoms with E-state index in [0.29, 0.717) is 16.8 Å². The zero-order valence-corrected chi connectivity index (χ0v) is 13.2. The lowest BCUT2D eigenvalue weighted by molar-refractivity contribution is 0.451. The Morgan fingerprint density at radius 3 is 2.45 bits per heavy atom. The van der Waals surface area contributed by atoms with Crippen LogP contribution in [0.25, 0.3) is 10.9 Å². The first-order chi connectivity index (χ1) is 8.34. The molecule has 112 valence electrons. The highest BCUT2D eigenvalue weighted by Crippen LogP contribution is 2.25. The van der Waals surface area contributed by atoms with Crippen molar-refractivity contribution in [2.45, 2.75) is 18.8 Å². The Balaban J connectivity index is 0.00000120. The number of halogens is 4. The van der Waals surface area contributed by atoms with Gasteiger partial charge in [-0.25, -0.2) is 4.39 Å². The second kappa shape index (κ2) is 8.57. The predicted molar refractivity (Wildman–Crippen MR) is 86.1 cm³/mol. The fourth-order valence-corrected chi connectivity index (χ4v) is 2.36. The van der Waals surface area contributed by atoms with Crippen molar-refractivity contribution in [3.8, 4) is 0 Å². The average Bonchev–Trinajstić information content (AvgIpc) is 2.40. The van der Waals surface area contributed by atoms with Gasteiger partial charge >= 0.3 is 0 Å². The van der Waals surface area contributed by atoms with Crippen LogP contribution in [0, 0.1) is 5.82 Å². The zero-order chi connectivity index (χ0) is 11.7. The molecule has 1 aliphatic rings. The van der Waals surface area contributed by atoms with Crippen LogP contribution in [0.4, 0.5) is 4.39 Å². The molecule has 1 fully saturated rings. The van der Waals surface area contributed by atoms with Gasteiger partial charge in [-0.15, -0.1) is 37.2 Å². The van der Waals surface area contributed by atoms with Crippen LogP contribution in [0.5, 0.6) is 0 Å². The van der Waals surface area contributed by atoms with Crippen LogP contribution < -0.4 is 5.32 Å². The number of hydrogen-bond donors (Lipinski definition) is 1. The van der Waals surface area contributed by atoms with Crippen LogP contribution in [-0.4, -0.2) is 23.3 Å². The van der Waals surface area contributed by atoms with E-state index in [9.17, 15) is 4.39 Å². The number of benzene rings is 1. The summed E-state index contributed by atoms with van der Waals surface area (Å²) in [6.07, 6.45) is 2.10. The van der Waals surface area contributed by atoms with E-state index in [0.717, 1.165) is 31.6 Å². The van der Waals surface area contributed by atoms with E-state index in [-0.39, 0.29) is 43.0 Å². The Bertz CT molecular complexity index is 547. The second-order valence-electron chi connectivity index (χ2n) is 4.47. The molecule has 1 aliphatic heterocycles. The molecular formula is C13H17Cl3FN3. The lowest BCUT2D eigenvalue weighted by atomic mass is 9.94. The summed E-state index contributed by atoms with van der Waals surface area (Å²) < 4.78 is 13.7. The van der Waals surface area contributed by atoms with E-state index in [4.69, 9.17) is 0 Å². The first kappa shape index (κ1) is 19.3. The lowest BCUT2D eigenvalue weighted by Crippen LogP contribution is -2.27. The third-order valence-corrected chi connectivity index (χ3v) is 3.35. The van der Waals surface area contributed by atoms with Gasteiger partial charge in [-0.1, -0.05) is 6.07 Å². The van der Waals surface area contributed by atoms with Crippen molar-refractivity contribution in [1.82, 2.24) is 15.5 Å². The lowest BCUT2D eigenvalue weighted by Gasteiger charge is -2.21. The number of rotatable bonds is 1. The summed E-state index contributed by atoms with van der Waals surface area (Å²) in [6.45, 7) is 2.00. The molecule has 1 N–H and O–H groups in total. The molecule has 3 nitrogen and oxygen atoms in total. The van der Waals surface area contributed by atoms with Gasteiger partial charge < -0.3 is 5.32 Å². The molecule has 1 saturated heterocycles. The summed E-state index contributed by atoms with van der Waals surface area (Å²) in [5.41, 5.74) is 1.55. The highest BCUT2D eigenvalue weighted by Gasteiger charge is 2.17. The van der Waals surface area contributed by atoms with Crippen molar-refractivity contribution < 1.29 is 4.39 Å². The van der Waals surface area contributed by atoms with Gasteiger partial charge in [-0.3, -0.25) is 0 Å². The molecule has 0 spiro atoms. The number of aromatic nitrogens is 2. The topological polar surface area (TPSA) is 37.8 Å². The van der Waals surface area contributed by atoms with Gasteiger partial charge in [0.25, 0.3) is 0 Å². The maximum atomic E-state index is 13.7. The van der Waals surface area contributed by atoms with E-state index in [1.54, 1.807) is 12.1 Å². The number of nitrogens with zero attached hydrogens (tertiary/aromatic N) is 2. The molecule has 20 heavy (non-hydrogen) atoms. The third-order valence-electron chi connectivity index (χ3n) is 3.35. The van der Waals surface area contributed by atoms with Crippen molar-refractivity contribution in [2.24, 2.45) is 0 Å². The van der Waals surface area contributed by atoms with Crippen LogP contribution in [0.1, 0.15) is 24.5 Å². The maximum Gasteiger partial charge on any atom is 0.132 e. The summed E-state index contributed by atoms with van der Waals surface area (Å²) in [5.74, 6) is 0.195. The van der Waals surface area contributed by atoms with Crippen LogP contribution in [0.15, 0.2) is 24.3 Å². The third kappa shape index (κ3) is 3.92. The highest BCUT2D eigenvalue weighted by molar-refractivity contribution is 5.86. The molecule has 2 aromatic rings. The average molecular weight is 341 g/mol. The van der Waals surface area contributed by atoms with Crippen LogP contribution in [0.2, 0.25) is 0 Å². The number of fused-ring (bicyclic) bond motifs is 1. The quantitative estimate of drug-likeness (QED) is 0.863. The molecule has 7 heteroatoms. The summed E-state index contributed by atoms with van der Waals surface area (Å²) in [7, 11) is 0. The fourth-order valence-electron chi connectivity index (χ4n) is 2.36. The summed E-state index contributed by atoms with van der Waals surface area (Å²) in [4.78, 5) is 0. The van der Waals surface area contributed by atoms with Gasteiger partial charge in [0.2, 0.25) is 0 Å². The highest BCUT2D eigenvalue weighted by atomic mass is 35.5. The molecule has 1 aromatic heterocycles. The van der Waals surface area contributed by atoms with Gasteiger partial charge in [0.05, 0.1) is 11.2 Å². The first-order valence-corrected chi connectivity index (χ1v) is 5.97. The van der Waals surface area contributed by atoms with E-state index >= 15 is 0 Å². The van der Waals surface area contributed by atoms with Gasteiger partial charge in [-0.2, -0.15) is 10.2 Å². The molecule has 0 radical (unpaired) electrons. The van der Waals surface area contributed by atoms with Crippen LogP contribution in [-0.2, 0) is 0 Å². The summed E-state index contributed by atoms with van der Waals surface area (Å²) >= 11 is 0. The smallest absolute Gasteiger partial charge is 0.132 e. The van der Waals surface area contributed by atoms with Crippen molar-refractivity contribution in [3.05, 3.63) is 35.8 Å². The van der Waals surface area contributed by atoms with Crippen molar-refractivity contribution in [2.75, 3.05) is 13.1 Å². The molecular weight excluding hydrogens is 324 g/mol. The number of hydrogen-bond acceptors (Lipinski definition) is 3. The predicted octanol–water partition coefficient (Wildman–Crippen LogP) is 3.50. The molecule has 0 atom stereocenters. The van der Waals surface area contributed by atoms with Crippen LogP contribution >= 0.6 is 37.2 Å². The normalized spacial score (nSPS) is 14.8. The summed E-state index contributed by atoms with van der Waals surface area (Å²) in [6, 6.07) is 6.78. The van der Waals surface area contributed by atoms with Crippen molar-refractivity contribution in [1.29, 1.82) is 0 Å². The van der Waals surface area contributed by atoms with Crippen molar-refractivity contribution >= 4 is 48.1 Å². The van der Waals surface area contributed by atoms with Gasteiger partial charge in [0.15, 0.2) is 0 Å². The minimum Gasteiger partial charge on any atom is -0.317 e. The first-order valence-electron chi connectivity index (χ1n) is 5.97. The summed E-state index contributed by atoms with van der Waals surface area (Å²) in [5, 5.41) is 12.2. The molecule has 1 aromatic carbocycles. The molecule has 0 aliphatic carbocycles. The van der Waals surface area contributed by atoms with E-state index in [1.165, 1.54) is 6.07 Å². The second-order valence-corrected chi connectivity index (χ2v) is 4.47. The Labute approximate surface area is 136 Å². The zero-order valence-electron chi connectivity index (χ0n) is 10.7. The van der Waals surface area contributed by atoms with Crippen molar-refractivity contribution in [3.63, 3.8) is 0 Å². The Kier molecular flexibility index (Phi) is 8.28. The monoisotopic (exact) mass is 339 g/mol. The molecule has 0 amide bonds. The minimum absolute atomic E-state index is 0. The number of piperidine rings is 1. The van der Waals surface area contributed by atoms with E-state index in [1.807, 2.05) is 6.07 Å². The van der Waals surface area contributed by atoms with Gasteiger partial charge in [0, 0.05) is 11.3 Å². The van der Waals surface area contributed by atoms with E-state index in [2.05, 4.69) is 15.5 Å². The molecule has 0 unspecified atom stereocenters. The Morgan fingerprint density at radius 2 is 1.75 bits per heavy atom. The number of nitrogens with one attached hydrogen (secondary N) is 1. The molecule has 2 heterocycles. The molecule has 0 bridgehead atoms. The minimum atomic E-state index is -0.215. The SMILES string of the molecule is Cl.Cl.Cl.Fc1cccc2nnc(C3CCNCC3)cc12.